The Bertz CT molecular complexity index is 489. The SMILES string of the molecule is CNc1ccc(C(F)(C(F)(F)F)C(F)(F)F)cc1C(F)F. The van der Waals surface area contributed by atoms with Crippen LogP contribution in [0, 0.1) is 0 Å². The maximum atomic E-state index is 13.7. The van der Waals surface area contributed by atoms with Crippen molar-refractivity contribution in [2.45, 2.75) is 24.4 Å². The lowest BCUT2D eigenvalue weighted by atomic mass is 9.92. The molecule has 1 aromatic rings. The molecule has 0 aliphatic rings. The molecule has 0 saturated heterocycles. The third-order valence-electron chi connectivity index (χ3n) is 2.74. The van der Waals surface area contributed by atoms with Gasteiger partial charge in [0.1, 0.15) is 0 Å². The molecule has 120 valence electrons. The Labute approximate surface area is 112 Å². The molecule has 10 heteroatoms. The number of anilines is 1. The summed E-state index contributed by atoms with van der Waals surface area (Å²) >= 11 is 0. The van der Waals surface area contributed by atoms with E-state index in [2.05, 4.69) is 5.32 Å². The average Bonchev–Trinajstić information content (AvgIpc) is 2.34. The molecule has 0 heterocycles. The fourth-order valence-electron chi connectivity index (χ4n) is 1.67. The molecule has 0 bridgehead atoms. The minimum absolute atomic E-state index is 0.141. The van der Waals surface area contributed by atoms with Crippen LogP contribution in [-0.2, 0) is 5.67 Å². The molecule has 0 amide bonds. The van der Waals surface area contributed by atoms with Crippen LogP contribution in [0.1, 0.15) is 17.6 Å². The molecule has 1 aromatic carbocycles. The number of halogens is 9. The highest BCUT2D eigenvalue weighted by atomic mass is 19.4. The second kappa shape index (κ2) is 5.30. The van der Waals surface area contributed by atoms with Crippen LogP contribution in [-0.4, -0.2) is 19.4 Å². The van der Waals surface area contributed by atoms with Gasteiger partial charge in [0.15, 0.2) is 0 Å². The molecule has 0 aliphatic heterocycles. The van der Waals surface area contributed by atoms with Gasteiger partial charge in [-0.05, 0) is 12.1 Å². The maximum Gasteiger partial charge on any atom is 0.435 e. The van der Waals surface area contributed by atoms with E-state index >= 15 is 0 Å². The first-order valence-electron chi connectivity index (χ1n) is 5.29. The molecule has 1 nitrogen and oxygen atoms in total. The van der Waals surface area contributed by atoms with Gasteiger partial charge in [0, 0.05) is 23.9 Å². The van der Waals surface area contributed by atoms with Gasteiger partial charge in [0.05, 0.1) is 0 Å². The highest BCUT2D eigenvalue weighted by Gasteiger charge is 2.73. The van der Waals surface area contributed by atoms with Crippen LogP contribution in [0.5, 0.6) is 0 Å². The largest absolute Gasteiger partial charge is 0.435 e. The molecule has 0 atom stereocenters. The van der Waals surface area contributed by atoms with Gasteiger partial charge < -0.3 is 5.32 Å². The fourth-order valence-corrected chi connectivity index (χ4v) is 1.67. The standard InChI is InChI=1S/C11H8F9N/c1-21-7-3-2-5(4-6(7)8(12)13)9(14,10(15,16)17)11(18,19)20/h2-4,8,21H,1H3. The van der Waals surface area contributed by atoms with Gasteiger partial charge >= 0.3 is 18.0 Å². The molecular weight excluding hydrogens is 317 g/mol. The number of alkyl halides is 9. The zero-order valence-electron chi connectivity index (χ0n) is 10.2. The summed E-state index contributed by atoms with van der Waals surface area (Å²) in [6, 6.07) is 0.554. The van der Waals surface area contributed by atoms with Crippen molar-refractivity contribution >= 4 is 5.69 Å². The van der Waals surface area contributed by atoms with E-state index in [1.54, 1.807) is 0 Å². The molecule has 0 spiro atoms. The van der Waals surface area contributed by atoms with Crippen molar-refractivity contribution in [1.29, 1.82) is 0 Å². The summed E-state index contributed by atoms with van der Waals surface area (Å²) in [5.74, 6) is 0. The van der Waals surface area contributed by atoms with Crippen molar-refractivity contribution in [3.05, 3.63) is 29.3 Å². The van der Waals surface area contributed by atoms with Gasteiger partial charge in [-0.15, -0.1) is 0 Å². The van der Waals surface area contributed by atoms with Crippen molar-refractivity contribution in [3.63, 3.8) is 0 Å². The van der Waals surface area contributed by atoms with Gasteiger partial charge in [0.2, 0.25) is 0 Å². The Hall–Kier alpha value is -1.61. The highest BCUT2D eigenvalue weighted by molar-refractivity contribution is 5.54. The quantitative estimate of drug-likeness (QED) is 0.775. The summed E-state index contributed by atoms with van der Waals surface area (Å²) in [6.45, 7) is 0. The summed E-state index contributed by atoms with van der Waals surface area (Å²) in [6.07, 6.45) is -16.1. The topological polar surface area (TPSA) is 12.0 Å². The molecule has 0 unspecified atom stereocenters. The predicted octanol–water partition coefficient (Wildman–Crippen LogP) is 4.96. The molecule has 0 fully saturated rings. The van der Waals surface area contributed by atoms with Crippen molar-refractivity contribution in [2.75, 3.05) is 12.4 Å². The van der Waals surface area contributed by atoms with Crippen LogP contribution in [0.25, 0.3) is 0 Å². The van der Waals surface area contributed by atoms with Crippen molar-refractivity contribution in [2.24, 2.45) is 0 Å². The van der Waals surface area contributed by atoms with E-state index in [4.69, 9.17) is 0 Å². The molecule has 21 heavy (non-hydrogen) atoms. The average molecular weight is 325 g/mol. The van der Waals surface area contributed by atoms with E-state index < -0.39 is 41.3 Å². The van der Waals surface area contributed by atoms with E-state index in [1.165, 1.54) is 0 Å². The number of hydrogen-bond acceptors (Lipinski definition) is 1. The third kappa shape index (κ3) is 2.88. The molecular formula is C11H8F9N. The van der Waals surface area contributed by atoms with Gasteiger partial charge in [-0.3, -0.25) is 0 Å². The Morgan fingerprint density at radius 2 is 1.38 bits per heavy atom. The Balaban J connectivity index is 3.59. The zero-order chi connectivity index (χ0) is 16.6. The summed E-state index contributed by atoms with van der Waals surface area (Å²) < 4.78 is 114. The van der Waals surface area contributed by atoms with E-state index in [0.29, 0.717) is 6.07 Å². The molecule has 0 saturated carbocycles. The summed E-state index contributed by atoms with van der Waals surface area (Å²) in [4.78, 5) is 0. The van der Waals surface area contributed by atoms with Crippen LogP contribution in [0.2, 0.25) is 0 Å². The molecule has 0 aromatic heterocycles. The minimum Gasteiger partial charge on any atom is -0.388 e. The summed E-state index contributed by atoms with van der Waals surface area (Å²) in [5.41, 5.74) is -9.24. The first-order valence-corrected chi connectivity index (χ1v) is 5.29. The third-order valence-corrected chi connectivity index (χ3v) is 2.74. The van der Waals surface area contributed by atoms with E-state index in [1.807, 2.05) is 0 Å². The first-order chi connectivity index (χ1) is 9.36. The molecule has 0 radical (unpaired) electrons. The molecule has 1 rings (SSSR count). The first kappa shape index (κ1) is 17.4. The van der Waals surface area contributed by atoms with Crippen LogP contribution in [0.15, 0.2) is 18.2 Å². The normalized spacial score (nSPS) is 13.7. The Kier molecular flexibility index (Phi) is 4.40. The van der Waals surface area contributed by atoms with Crippen molar-refractivity contribution < 1.29 is 39.5 Å². The van der Waals surface area contributed by atoms with Crippen LogP contribution < -0.4 is 5.32 Å². The van der Waals surface area contributed by atoms with Gasteiger partial charge in [-0.25, -0.2) is 13.2 Å². The lowest BCUT2D eigenvalue weighted by Gasteiger charge is -2.30. The number of nitrogens with one attached hydrogen (secondary N) is 1. The lowest BCUT2D eigenvalue weighted by molar-refractivity contribution is -0.348. The van der Waals surface area contributed by atoms with Gasteiger partial charge in [0.25, 0.3) is 6.43 Å². The van der Waals surface area contributed by atoms with Gasteiger partial charge in [-0.1, -0.05) is 6.07 Å². The number of hydrogen-bond donors (Lipinski definition) is 1. The van der Waals surface area contributed by atoms with Gasteiger partial charge in [-0.2, -0.15) is 26.3 Å². The Morgan fingerprint density at radius 1 is 0.905 bits per heavy atom. The number of benzene rings is 1. The monoisotopic (exact) mass is 325 g/mol. The highest BCUT2D eigenvalue weighted by Crippen LogP contribution is 2.53. The fraction of sp³-hybridized carbons (Fsp3) is 0.455. The van der Waals surface area contributed by atoms with Crippen LogP contribution in [0.3, 0.4) is 0 Å². The second-order valence-corrected chi connectivity index (χ2v) is 4.01. The number of rotatable bonds is 3. The van der Waals surface area contributed by atoms with E-state index in [-0.39, 0.29) is 12.1 Å². The summed E-state index contributed by atoms with van der Waals surface area (Å²) in [5, 5.41) is 2.17. The zero-order valence-corrected chi connectivity index (χ0v) is 10.2. The lowest BCUT2D eigenvalue weighted by Crippen LogP contribution is -2.50. The second-order valence-electron chi connectivity index (χ2n) is 4.01. The smallest absolute Gasteiger partial charge is 0.388 e. The van der Waals surface area contributed by atoms with E-state index in [0.717, 1.165) is 7.05 Å². The molecule has 1 N–H and O–H groups in total. The minimum atomic E-state index is -6.34. The predicted molar refractivity (Wildman–Crippen MR) is 55.8 cm³/mol. The van der Waals surface area contributed by atoms with Crippen LogP contribution >= 0.6 is 0 Å². The Morgan fingerprint density at radius 3 is 1.71 bits per heavy atom. The van der Waals surface area contributed by atoms with Crippen molar-refractivity contribution in [3.8, 4) is 0 Å². The molecule has 0 aliphatic carbocycles. The van der Waals surface area contributed by atoms with Crippen molar-refractivity contribution in [1.82, 2.24) is 0 Å². The van der Waals surface area contributed by atoms with Crippen LogP contribution in [0.4, 0.5) is 45.2 Å². The summed E-state index contributed by atoms with van der Waals surface area (Å²) in [7, 11) is 1.14. The van der Waals surface area contributed by atoms with E-state index in [9.17, 15) is 39.5 Å². The maximum absolute atomic E-state index is 13.7.